The van der Waals surface area contributed by atoms with Crippen molar-refractivity contribution in [2.75, 3.05) is 13.1 Å². The summed E-state index contributed by atoms with van der Waals surface area (Å²) in [5.41, 5.74) is 6.68. The third-order valence-electron chi connectivity index (χ3n) is 2.47. The minimum Gasteiger partial charge on any atom is -0.339 e. The fourth-order valence-electron chi connectivity index (χ4n) is 1.54. The second kappa shape index (κ2) is 3.75. The highest BCUT2D eigenvalue weighted by atomic mass is 16.2. The van der Waals surface area contributed by atoms with Crippen LogP contribution >= 0.6 is 0 Å². The van der Waals surface area contributed by atoms with E-state index in [0.717, 1.165) is 13.0 Å². The smallest absolute Gasteiger partial charge is 0.241 e. The van der Waals surface area contributed by atoms with Gasteiger partial charge in [0, 0.05) is 25.5 Å². The van der Waals surface area contributed by atoms with Crippen molar-refractivity contribution in [2.45, 2.75) is 12.5 Å². The van der Waals surface area contributed by atoms with Gasteiger partial charge in [-0.2, -0.15) is 0 Å². The van der Waals surface area contributed by atoms with Gasteiger partial charge >= 0.3 is 0 Å². The van der Waals surface area contributed by atoms with E-state index < -0.39 is 0 Å². The van der Waals surface area contributed by atoms with Gasteiger partial charge in [0.25, 0.3) is 0 Å². The van der Waals surface area contributed by atoms with Crippen LogP contribution < -0.4 is 5.73 Å². The van der Waals surface area contributed by atoms with E-state index in [1.807, 2.05) is 12.1 Å². The number of β-lactam (4-membered cyclic amide) rings is 1. The summed E-state index contributed by atoms with van der Waals surface area (Å²) < 4.78 is 0. The average Bonchev–Trinajstić information content (AvgIpc) is 2.25. The van der Waals surface area contributed by atoms with Crippen LogP contribution in [-0.4, -0.2) is 34.9 Å². The number of nitrogens with two attached hydrogens (primary N) is 1. The van der Waals surface area contributed by atoms with Crippen molar-refractivity contribution in [3.8, 4) is 0 Å². The number of carbonyl (C=O) groups is 1. The maximum Gasteiger partial charge on any atom is 0.241 e. The normalized spacial score (nSPS) is 20.8. The summed E-state index contributed by atoms with van der Waals surface area (Å²) >= 11 is 0. The average molecular weight is 191 g/mol. The molecule has 2 N–H and O–H groups in total. The third-order valence-corrected chi connectivity index (χ3v) is 2.47. The van der Waals surface area contributed by atoms with Crippen LogP contribution in [0.1, 0.15) is 5.56 Å². The molecule has 2 rings (SSSR count). The molecular weight excluding hydrogens is 178 g/mol. The molecule has 1 atom stereocenters. The number of pyridine rings is 1. The second-order valence-corrected chi connectivity index (χ2v) is 3.50. The van der Waals surface area contributed by atoms with E-state index in [2.05, 4.69) is 4.98 Å². The summed E-state index contributed by atoms with van der Waals surface area (Å²) in [6.07, 6.45) is 4.40. The molecule has 0 aromatic carbocycles. The van der Waals surface area contributed by atoms with Gasteiger partial charge < -0.3 is 10.6 Å². The molecule has 0 spiro atoms. The largest absolute Gasteiger partial charge is 0.339 e. The van der Waals surface area contributed by atoms with Crippen molar-refractivity contribution < 1.29 is 4.79 Å². The van der Waals surface area contributed by atoms with E-state index in [4.69, 9.17) is 5.73 Å². The summed E-state index contributed by atoms with van der Waals surface area (Å²) in [6, 6.07) is 3.67. The first-order valence-electron chi connectivity index (χ1n) is 4.70. The van der Waals surface area contributed by atoms with E-state index in [1.165, 1.54) is 5.56 Å². The number of nitrogens with zero attached hydrogens (tertiary/aromatic N) is 2. The van der Waals surface area contributed by atoms with Crippen LogP contribution in [0, 0.1) is 0 Å². The molecule has 0 bridgehead atoms. The molecule has 1 aromatic heterocycles. The Hall–Kier alpha value is -1.42. The Bertz CT molecular complexity index is 325. The molecule has 0 radical (unpaired) electrons. The Morgan fingerprint density at radius 1 is 1.50 bits per heavy atom. The fraction of sp³-hybridized carbons (Fsp3) is 0.400. The van der Waals surface area contributed by atoms with Gasteiger partial charge in [0.05, 0.1) is 0 Å². The van der Waals surface area contributed by atoms with E-state index in [1.54, 1.807) is 17.3 Å². The van der Waals surface area contributed by atoms with E-state index in [9.17, 15) is 4.79 Å². The third kappa shape index (κ3) is 1.75. The van der Waals surface area contributed by atoms with Crippen LogP contribution in [0.5, 0.6) is 0 Å². The predicted molar refractivity (Wildman–Crippen MR) is 52.5 cm³/mol. The van der Waals surface area contributed by atoms with Gasteiger partial charge in [-0.15, -0.1) is 0 Å². The van der Waals surface area contributed by atoms with Gasteiger partial charge in [0.2, 0.25) is 5.91 Å². The number of rotatable bonds is 3. The van der Waals surface area contributed by atoms with Crippen LogP contribution in [0.4, 0.5) is 0 Å². The lowest BCUT2D eigenvalue weighted by Gasteiger charge is -2.36. The minimum absolute atomic E-state index is 0.0686. The molecule has 1 aliphatic rings. The predicted octanol–water partition coefficient (Wildman–Crippen LogP) is -0.206. The monoisotopic (exact) mass is 191 g/mol. The molecule has 1 aromatic rings. The highest BCUT2D eigenvalue weighted by Gasteiger charge is 2.32. The number of likely N-dealkylation sites (tertiary alicyclic amines) is 1. The van der Waals surface area contributed by atoms with Gasteiger partial charge in [0.1, 0.15) is 6.04 Å². The van der Waals surface area contributed by atoms with E-state index in [-0.39, 0.29) is 11.9 Å². The van der Waals surface area contributed by atoms with Crippen molar-refractivity contribution in [1.82, 2.24) is 9.88 Å². The molecule has 0 saturated carbocycles. The first-order chi connectivity index (χ1) is 6.77. The highest BCUT2D eigenvalue weighted by molar-refractivity contribution is 5.87. The first kappa shape index (κ1) is 9.15. The molecule has 4 heteroatoms. The van der Waals surface area contributed by atoms with Crippen molar-refractivity contribution in [3.63, 3.8) is 0 Å². The van der Waals surface area contributed by atoms with Crippen molar-refractivity contribution >= 4 is 5.91 Å². The Morgan fingerprint density at radius 2 is 2.21 bits per heavy atom. The molecule has 2 heterocycles. The summed E-state index contributed by atoms with van der Waals surface area (Å²) in [5.74, 6) is 0.0686. The van der Waals surface area contributed by atoms with Crippen molar-refractivity contribution in [1.29, 1.82) is 0 Å². The number of carbonyl (C=O) groups excluding carboxylic acids is 1. The van der Waals surface area contributed by atoms with E-state index in [0.29, 0.717) is 6.54 Å². The van der Waals surface area contributed by atoms with Gasteiger partial charge in [-0.3, -0.25) is 9.78 Å². The van der Waals surface area contributed by atoms with Crippen LogP contribution in [0.3, 0.4) is 0 Å². The standard InChI is InChI=1S/C10H13N3O/c11-9-7-13(10(9)14)6-3-8-1-4-12-5-2-8/h1-2,4-5,9H,3,6-7,11H2. The highest BCUT2D eigenvalue weighted by Crippen LogP contribution is 2.09. The quantitative estimate of drug-likeness (QED) is 0.673. The zero-order valence-corrected chi connectivity index (χ0v) is 7.89. The SMILES string of the molecule is NC1CN(CCc2ccncc2)C1=O. The Labute approximate surface area is 82.7 Å². The molecule has 1 saturated heterocycles. The molecule has 4 nitrogen and oxygen atoms in total. The van der Waals surface area contributed by atoms with Gasteiger partial charge in [0.15, 0.2) is 0 Å². The molecular formula is C10H13N3O. The first-order valence-corrected chi connectivity index (χ1v) is 4.70. The summed E-state index contributed by atoms with van der Waals surface area (Å²) in [5, 5.41) is 0. The Kier molecular flexibility index (Phi) is 2.45. The maximum absolute atomic E-state index is 11.2. The lowest BCUT2D eigenvalue weighted by molar-refractivity contribution is -0.142. The van der Waals surface area contributed by atoms with Crippen LogP contribution in [0.25, 0.3) is 0 Å². The zero-order valence-electron chi connectivity index (χ0n) is 7.89. The van der Waals surface area contributed by atoms with E-state index >= 15 is 0 Å². The number of amides is 1. The molecule has 74 valence electrons. The number of hydrogen-bond donors (Lipinski definition) is 1. The van der Waals surface area contributed by atoms with Crippen molar-refractivity contribution in [2.24, 2.45) is 5.73 Å². The Morgan fingerprint density at radius 3 is 2.79 bits per heavy atom. The van der Waals surface area contributed by atoms with Crippen LogP contribution in [0.15, 0.2) is 24.5 Å². The maximum atomic E-state index is 11.2. The van der Waals surface area contributed by atoms with Crippen LogP contribution in [0.2, 0.25) is 0 Å². The second-order valence-electron chi connectivity index (χ2n) is 3.50. The summed E-state index contributed by atoms with van der Waals surface area (Å²) in [6.45, 7) is 1.46. The lowest BCUT2D eigenvalue weighted by atomic mass is 10.1. The minimum atomic E-state index is -0.257. The molecule has 1 fully saturated rings. The van der Waals surface area contributed by atoms with Gasteiger partial charge in [-0.1, -0.05) is 0 Å². The zero-order chi connectivity index (χ0) is 9.97. The summed E-state index contributed by atoms with van der Waals surface area (Å²) in [7, 11) is 0. The molecule has 1 unspecified atom stereocenters. The topological polar surface area (TPSA) is 59.2 Å². The molecule has 1 aliphatic heterocycles. The van der Waals surface area contributed by atoms with Gasteiger partial charge in [-0.25, -0.2) is 0 Å². The number of aromatic nitrogens is 1. The fourth-order valence-corrected chi connectivity index (χ4v) is 1.54. The van der Waals surface area contributed by atoms with Crippen molar-refractivity contribution in [3.05, 3.63) is 30.1 Å². The van der Waals surface area contributed by atoms with Crippen LogP contribution in [-0.2, 0) is 11.2 Å². The van der Waals surface area contributed by atoms with Gasteiger partial charge in [-0.05, 0) is 24.1 Å². The Balaban J connectivity index is 1.82. The molecule has 1 amide bonds. The lowest BCUT2D eigenvalue weighted by Crippen LogP contribution is -2.61. The summed E-state index contributed by atoms with van der Waals surface area (Å²) in [4.78, 5) is 16.9. The molecule has 14 heavy (non-hydrogen) atoms. The number of hydrogen-bond acceptors (Lipinski definition) is 3. The molecule has 0 aliphatic carbocycles.